The number of H-pyrrole nitrogens is 1. The van der Waals surface area contributed by atoms with E-state index in [2.05, 4.69) is 10.3 Å². The van der Waals surface area contributed by atoms with Crippen molar-refractivity contribution in [1.82, 2.24) is 9.55 Å². The second-order valence-corrected chi connectivity index (χ2v) is 3.83. The van der Waals surface area contributed by atoms with Gasteiger partial charge in [0.25, 0.3) is 5.56 Å². The number of aromatic amines is 1. The number of hydrogen-bond donors (Lipinski definition) is 2. The van der Waals surface area contributed by atoms with Crippen LogP contribution in [0.4, 0.5) is 5.69 Å². The van der Waals surface area contributed by atoms with Crippen molar-refractivity contribution < 1.29 is 0 Å². The fourth-order valence-electron chi connectivity index (χ4n) is 1.52. The molecule has 0 bridgehead atoms. The zero-order chi connectivity index (χ0) is 11.9. The van der Waals surface area contributed by atoms with E-state index in [0.29, 0.717) is 21.6 Å². The van der Waals surface area contributed by atoms with E-state index in [1.807, 2.05) is 0 Å². The van der Waals surface area contributed by atoms with Gasteiger partial charge >= 0.3 is 5.69 Å². The third kappa shape index (κ3) is 1.49. The van der Waals surface area contributed by atoms with Gasteiger partial charge in [-0.1, -0.05) is 11.6 Å². The molecule has 0 amide bonds. The molecule has 2 rings (SSSR count). The Morgan fingerprint density at radius 2 is 2.06 bits per heavy atom. The monoisotopic (exact) mass is 239 g/mol. The van der Waals surface area contributed by atoms with Gasteiger partial charge in [0.1, 0.15) is 0 Å². The van der Waals surface area contributed by atoms with E-state index in [0.717, 1.165) is 4.57 Å². The van der Waals surface area contributed by atoms with Gasteiger partial charge in [0.2, 0.25) is 0 Å². The summed E-state index contributed by atoms with van der Waals surface area (Å²) in [6, 6.07) is 3.18. The van der Waals surface area contributed by atoms with Crippen molar-refractivity contribution in [2.75, 3.05) is 12.4 Å². The molecule has 0 saturated carbocycles. The van der Waals surface area contributed by atoms with Crippen LogP contribution in [0.15, 0.2) is 21.7 Å². The maximum atomic E-state index is 11.8. The van der Waals surface area contributed by atoms with Crippen LogP contribution in [0.2, 0.25) is 5.02 Å². The SMILES string of the molecule is CNc1cc2[nH]c(=O)n(C)c(=O)c2cc1Cl. The highest BCUT2D eigenvalue weighted by Gasteiger charge is 2.07. The summed E-state index contributed by atoms with van der Waals surface area (Å²) in [6.07, 6.45) is 0. The molecule has 16 heavy (non-hydrogen) atoms. The molecule has 0 aliphatic rings. The Bertz CT molecular complexity index is 672. The number of fused-ring (bicyclic) bond motifs is 1. The van der Waals surface area contributed by atoms with Gasteiger partial charge in [0, 0.05) is 14.1 Å². The van der Waals surface area contributed by atoms with Crippen LogP contribution in [-0.2, 0) is 7.05 Å². The number of aromatic nitrogens is 2. The number of rotatable bonds is 1. The third-order valence-electron chi connectivity index (χ3n) is 2.46. The molecule has 0 spiro atoms. The molecule has 2 aromatic rings. The van der Waals surface area contributed by atoms with Crippen molar-refractivity contribution in [3.63, 3.8) is 0 Å². The normalized spacial score (nSPS) is 10.7. The lowest BCUT2D eigenvalue weighted by Gasteiger charge is -2.06. The first kappa shape index (κ1) is 10.8. The summed E-state index contributed by atoms with van der Waals surface area (Å²) in [4.78, 5) is 25.8. The molecule has 2 N–H and O–H groups in total. The van der Waals surface area contributed by atoms with Crippen LogP contribution in [0.5, 0.6) is 0 Å². The van der Waals surface area contributed by atoms with Crippen molar-refractivity contribution in [2.45, 2.75) is 0 Å². The number of nitrogens with zero attached hydrogens (tertiary/aromatic N) is 1. The van der Waals surface area contributed by atoms with Crippen molar-refractivity contribution >= 4 is 28.2 Å². The molecule has 5 nitrogen and oxygen atoms in total. The summed E-state index contributed by atoms with van der Waals surface area (Å²) in [6.45, 7) is 0. The Labute approximate surface area is 95.7 Å². The highest BCUT2D eigenvalue weighted by atomic mass is 35.5. The Kier molecular flexibility index (Phi) is 2.47. The largest absolute Gasteiger partial charge is 0.387 e. The first-order chi connectivity index (χ1) is 7.54. The van der Waals surface area contributed by atoms with E-state index in [4.69, 9.17) is 11.6 Å². The number of nitrogens with one attached hydrogen (secondary N) is 2. The van der Waals surface area contributed by atoms with Crippen molar-refractivity contribution in [1.29, 1.82) is 0 Å². The zero-order valence-corrected chi connectivity index (χ0v) is 9.55. The maximum absolute atomic E-state index is 11.8. The van der Waals surface area contributed by atoms with Crippen LogP contribution in [0.1, 0.15) is 0 Å². The Balaban J connectivity index is 2.98. The number of benzene rings is 1. The average molecular weight is 240 g/mol. The Hall–Kier alpha value is -1.75. The molecule has 6 heteroatoms. The minimum absolute atomic E-state index is 0.358. The van der Waals surface area contributed by atoms with Gasteiger partial charge < -0.3 is 10.3 Å². The zero-order valence-electron chi connectivity index (χ0n) is 8.80. The summed E-state index contributed by atoms with van der Waals surface area (Å²) >= 11 is 5.96. The molecule has 1 aromatic heterocycles. The van der Waals surface area contributed by atoms with Crippen molar-refractivity contribution in [3.8, 4) is 0 Å². The van der Waals surface area contributed by atoms with Gasteiger partial charge in [0.15, 0.2) is 0 Å². The lowest BCUT2D eigenvalue weighted by molar-refractivity contribution is 0.794. The molecular weight excluding hydrogens is 230 g/mol. The summed E-state index contributed by atoms with van der Waals surface area (Å²) in [5, 5.41) is 3.72. The molecule has 0 aliphatic carbocycles. The predicted octanol–water partition coefficient (Wildman–Crippen LogP) is 0.922. The van der Waals surface area contributed by atoms with E-state index in [1.165, 1.54) is 7.05 Å². The Morgan fingerprint density at radius 1 is 1.38 bits per heavy atom. The van der Waals surface area contributed by atoms with Crippen LogP contribution < -0.4 is 16.6 Å². The van der Waals surface area contributed by atoms with Crippen LogP contribution in [0.25, 0.3) is 10.9 Å². The van der Waals surface area contributed by atoms with Gasteiger partial charge in [-0.05, 0) is 12.1 Å². The maximum Gasteiger partial charge on any atom is 0.328 e. The molecule has 0 fully saturated rings. The summed E-state index contributed by atoms with van der Waals surface area (Å²) in [5.74, 6) is 0. The second kappa shape index (κ2) is 3.68. The topological polar surface area (TPSA) is 66.9 Å². The van der Waals surface area contributed by atoms with E-state index < -0.39 is 5.69 Å². The van der Waals surface area contributed by atoms with E-state index in [9.17, 15) is 9.59 Å². The number of hydrogen-bond acceptors (Lipinski definition) is 3. The molecule has 84 valence electrons. The predicted molar refractivity (Wildman–Crippen MR) is 64.4 cm³/mol. The number of halogens is 1. The van der Waals surface area contributed by atoms with Gasteiger partial charge in [-0.3, -0.25) is 9.36 Å². The van der Waals surface area contributed by atoms with Gasteiger partial charge in [-0.2, -0.15) is 0 Å². The highest BCUT2D eigenvalue weighted by Crippen LogP contribution is 2.24. The molecule has 0 unspecified atom stereocenters. The van der Waals surface area contributed by atoms with E-state index in [1.54, 1.807) is 19.2 Å². The van der Waals surface area contributed by atoms with E-state index >= 15 is 0 Å². The molecule has 0 saturated heterocycles. The van der Waals surface area contributed by atoms with Crippen molar-refractivity contribution in [2.24, 2.45) is 7.05 Å². The number of anilines is 1. The smallest absolute Gasteiger partial charge is 0.328 e. The quantitative estimate of drug-likeness (QED) is 0.778. The summed E-state index contributed by atoms with van der Waals surface area (Å²) in [7, 11) is 3.13. The Morgan fingerprint density at radius 3 is 2.69 bits per heavy atom. The molecule has 0 atom stereocenters. The lowest BCUT2D eigenvalue weighted by atomic mass is 10.2. The van der Waals surface area contributed by atoms with Crippen molar-refractivity contribution in [3.05, 3.63) is 38.0 Å². The first-order valence-electron chi connectivity index (χ1n) is 4.65. The van der Waals surface area contributed by atoms with Crippen LogP contribution in [0, 0.1) is 0 Å². The molecule has 0 radical (unpaired) electrons. The highest BCUT2D eigenvalue weighted by molar-refractivity contribution is 6.34. The fourth-order valence-corrected chi connectivity index (χ4v) is 1.78. The van der Waals surface area contributed by atoms with E-state index in [-0.39, 0.29) is 5.56 Å². The minimum Gasteiger partial charge on any atom is -0.387 e. The van der Waals surface area contributed by atoms with Gasteiger partial charge in [-0.15, -0.1) is 0 Å². The molecule has 1 aromatic carbocycles. The molecular formula is C10H10ClN3O2. The van der Waals surface area contributed by atoms with Crippen LogP contribution >= 0.6 is 11.6 Å². The third-order valence-corrected chi connectivity index (χ3v) is 2.77. The van der Waals surface area contributed by atoms with Crippen LogP contribution in [-0.4, -0.2) is 16.6 Å². The molecule has 0 aliphatic heterocycles. The average Bonchev–Trinajstić information content (AvgIpc) is 2.27. The fraction of sp³-hybridized carbons (Fsp3) is 0.200. The first-order valence-corrected chi connectivity index (χ1v) is 5.02. The lowest BCUT2D eigenvalue weighted by Crippen LogP contribution is -2.32. The second-order valence-electron chi connectivity index (χ2n) is 3.42. The summed E-state index contributed by atoms with van der Waals surface area (Å²) < 4.78 is 1.01. The minimum atomic E-state index is -0.443. The van der Waals surface area contributed by atoms with Gasteiger partial charge in [-0.25, -0.2) is 4.79 Å². The summed E-state index contributed by atoms with van der Waals surface area (Å²) in [5.41, 5.74) is 0.338. The van der Waals surface area contributed by atoms with Crippen LogP contribution in [0.3, 0.4) is 0 Å². The standard InChI is InChI=1S/C10H10ClN3O2/c1-12-8-4-7-5(3-6(8)11)9(15)14(2)10(16)13-7/h3-4,12H,1-2H3,(H,13,16). The molecule has 1 heterocycles. The van der Waals surface area contributed by atoms with Gasteiger partial charge in [0.05, 0.1) is 21.6 Å².